The third-order valence-corrected chi connectivity index (χ3v) is 3.71. The van der Waals surface area contributed by atoms with Gasteiger partial charge in [-0.25, -0.2) is 0 Å². The molecule has 1 amide bonds. The molecule has 5 nitrogen and oxygen atoms in total. The second-order valence-corrected chi connectivity index (χ2v) is 5.70. The summed E-state index contributed by atoms with van der Waals surface area (Å²) in [6.45, 7) is 0. The predicted molar refractivity (Wildman–Crippen MR) is 100.0 cm³/mol. The molecule has 0 aliphatic rings. The van der Waals surface area contributed by atoms with Crippen molar-refractivity contribution in [1.82, 2.24) is 0 Å². The van der Waals surface area contributed by atoms with Crippen LogP contribution in [0.5, 0.6) is 23.0 Å². The highest BCUT2D eigenvalue weighted by Crippen LogP contribution is 2.24. The van der Waals surface area contributed by atoms with Crippen molar-refractivity contribution in [2.75, 3.05) is 12.4 Å². The Kier molecular flexibility index (Phi) is 5.39. The van der Waals surface area contributed by atoms with Crippen LogP contribution in [0.3, 0.4) is 0 Å². The van der Waals surface area contributed by atoms with Gasteiger partial charge in [-0.05, 0) is 66.2 Å². The molecule has 0 spiro atoms. The van der Waals surface area contributed by atoms with Crippen molar-refractivity contribution >= 4 is 11.6 Å². The van der Waals surface area contributed by atoms with Crippen LogP contribution in [0.25, 0.3) is 0 Å². The highest BCUT2D eigenvalue weighted by molar-refractivity contribution is 5.92. The molecule has 0 aromatic heterocycles. The van der Waals surface area contributed by atoms with Gasteiger partial charge in [-0.15, -0.1) is 0 Å². The fourth-order valence-electron chi connectivity index (χ4n) is 2.43. The Morgan fingerprint density at radius 1 is 0.923 bits per heavy atom. The summed E-state index contributed by atoms with van der Waals surface area (Å²) >= 11 is 0. The van der Waals surface area contributed by atoms with E-state index in [0.29, 0.717) is 17.2 Å². The van der Waals surface area contributed by atoms with Gasteiger partial charge in [0.05, 0.1) is 13.5 Å². The van der Waals surface area contributed by atoms with Crippen LogP contribution in [0.1, 0.15) is 5.56 Å². The van der Waals surface area contributed by atoms with Crippen molar-refractivity contribution < 1.29 is 19.4 Å². The molecular weight excluding hydrogens is 330 g/mol. The van der Waals surface area contributed by atoms with E-state index in [0.717, 1.165) is 11.3 Å². The van der Waals surface area contributed by atoms with E-state index in [2.05, 4.69) is 5.32 Å². The van der Waals surface area contributed by atoms with Gasteiger partial charge in [0, 0.05) is 5.69 Å². The molecule has 3 aromatic carbocycles. The Morgan fingerprint density at radius 3 is 2.23 bits per heavy atom. The highest BCUT2D eigenvalue weighted by atomic mass is 16.5. The number of phenolic OH excluding ortho intramolecular Hbond substituents is 1. The smallest absolute Gasteiger partial charge is 0.228 e. The largest absolute Gasteiger partial charge is 0.508 e. The van der Waals surface area contributed by atoms with Gasteiger partial charge in [-0.2, -0.15) is 0 Å². The maximum atomic E-state index is 12.2. The molecule has 132 valence electrons. The summed E-state index contributed by atoms with van der Waals surface area (Å²) in [5, 5.41) is 12.1. The third-order valence-electron chi connectivity index (χ3n) is 3.71. The summed E-state index contributed by atoms with van der Waals surface area (Å²) in [4.78, 5) is 12.2. The molecule has 0 saturated heterocycles. The van der Waals surface area contributed by atoms with E-state index >= 15 is 0 Å². The summed E-state index contributed by atoms with van der Waals surface area (Å²) < 4.78 is 10.8. The number of amides is 1. The first-order valence-corrected chi connectivity index (χ1v) is 8.12. The number of rotatable bonds is 6. The van der Waals surface area contributed by atoms with Crippen LogP contribution in [0.15, 0.2) is 72.8 Å². The molecule has 3 rings (SSSR count). The fourth-order valence-corrected chi connectivity index (χ4v) is 2.43. The molecule has 0 bridgehead atoms. The van der Waals surface area contributed by atoms with Gasteiger partial charge < -0.3 is 19.9 Å². The van der Waals surface area contributed by atoms with Crippen molar-refractivity contribution in [2.24, 2.45) is 0 Å². The second-order valence-electron chi connectivity index (χ2n) is 5.70. The molecule has 0 atom stereocenters. The Balaban J connectivity index is 1.58. The average Bonchev–Trinajstić information content (AvgIpc) is 2.65. The zero-order valence-electron chi connectivity index (χ0n) is 14.3. The molecule has 0 aliphatic carbocycles. The maximum absolute atomic E-state index is 12.2. The van der Waals surface area contributed by atoms with Crippen molar-refractivity contribution in [3.63, 3.8) is 0 Å². The van der Waals surface area contributed by atoms with E-state index in [1.54, 1.807) is 55.6 Å². The molecule has 0 saturated carbocycles. The summed E-state index contributed by atoms with van der Waals surface area (Å²) in [6, 6.07) is 21.0. The number of methoxy groups -OCH3 is 1. The average molecular weight is 349 g/mol. The van der Waals surface area contributed by atoms with Crippen LogP contribution in [0.4, 0.5) is 5.69 Å². The maximum Gasteiger partial charge on any atom is 0.228 e. The standard InChI is InChI=1S/C21H19NO4/c1-25-20-4-2-3-15(13-20)14-21(24)22-16-5-9-18(10-6-16)26-19-11-7-17(23)8-12-19/h2-13,23H,14H2,1H3,(H,22,24). The molecule has 5 heteroatoms. The van der Waals surface area contributed by atoms with Crippen molar-refractivity contribution in [2.45, 2.75) is 6.42 Å². The minimum absolute atomic E-state index is 0.106. The Labute approximate surface area is 151 Å². The van der Waals surface area contributed by atoms with Crippen LogP contribution in [-0.4, -0.2) is 18.1 Å². The van der Waals surface area contributed by atoms with Gasteiger partial charge in [0.25, 0.3) is 0 Å². The van der Waals surface area contributed by atoms with E-state index in [1.807, 2.05) is 24.3 Å². The van der Waals surface area contributed by atoms with E-state index in [-0.39, 0.29) is 18.1 Å². The van der Waals surface area contributed by atoms with E-state index in [1.165, 1.54) is 0 Å². The number of carbonyl (C=O) groups is 1. The van der Waals surface area contributed by atoms with Gasteiger partial charge in [-0.3, -0.25) is 4.79 Å². The lowest BCUT2D eigenvalue weighted by molar-refractivity contribution is -0.115. The monoisotopic (exact) mass is 349 g/mol. The topological polar surface area (TPSA) is 67.8 Å². The minimum Gasteiger partial charge on any atom is -0.508 e. The first-order chi connectivity index (χ1) is 12.6. The van der Waals surface area contributed by atoms with E-state index in [9.17, 15) is 9.90 Å². The van der Waals surface area contributed by atoms with Gasteiger partial charge in [-0.1, -0.05) is 12.1 Å². The number of carbonyl (C=O) groups excluding carboxylic acids is 1. The number of benzene rings is 3. The van der Waals surface area contributed by atoms with E-state index < -0.39 is 0 Å². The lowest BCUT2D eigenvalue weighted by Gasteiger charge is -2.09. The molecular formula is C21H19NO4. The summed E-state index contributed by atoms with van der Waals surface area (Å²) in [6.07, 6.45) is 0.267. The molecule has 0 fully saturated rings. The van der Waals surface area contributed by atoms with Gasteiger partial charge in [0.15, 0.2) is 0 Å². The van der Waals surface area contributed by atoms with Gasteiger partial charge >= 0.3 is 0 Å². The fraction of sp³-hybridized carbons (Fsp3) is 0.0952. The molecule has 0 heterocycles. The number of ether oxygens (including phenoxy) is 2. The second kappa shape index (κ2) is 8.07. The van der Waals surface area contributed by atoms with Crippen LogP contribution < -0.4 is 14.8 Å². The van der Waals surface area contributed by atoms with Crippen molar-refractivity contribution in [3.8, 4) is 23.0 Å². The first-order valence-electron chi connectivity index (χ1n) is 8.12. The summed E-state index contributed by atoms with van der Waals surface area (Å²) in [5.74, 6) is 2.07. The molecule has 26 heavy (non-hydrogen) atoms. The predicted octanol–water partition coefficient (Wildman–Crippen LogP) is 4.37. The highest BCUT2D eigenvalue weighted by Gasteiger charge is 2.06. The lowest BCUT2D eigenvalue weighted by atomic mass is 10.1. The number of hydrogen-bond acceptors (Lipinski definition) is 4. The number of phenols is 1. The zero-order chi connectivity index (χ0) is 18.4. The number of aromatic hydroxyl groups is 1. The van der Waals surface area contributed by atoms with Gasteiger partial charge in [0.1, 0.15) is 23.0 Å². The SMILES string of the molecule is COc1cccc(CC(=O)Nc2ccc(Oc3ccc(O)cc3)cc2)c1. The molecule has 0 unspecified atom stereocenters. The van der Waals surface area contributed by atoms with Crippen LogP contribution in [0, 0.1) is 0 Å². The quantitative estimate of drug-likeness (QED) is 0.693. The first kappa shape index (κ1) is 17.4. The number of nitrogens with one attached hydrogen (secondary N) is 1. The summed E-state index contributed by atoms with van der Waals surface area (Å²) in [7, 11) is 1.60. The zero-order valence-corrected chi connectivity index (χ0v) is 14.3. The van der Waals surface area contributed by atoms with Crippen molar-refractivity contribution in [3.05, 3.63) is 78.4 Å². The molecule has 0 aliphatic heterocycles. The molecule has 0 radical (unpaired) electrons. The Bertz CT molecular complexity index is 873. The Hall–Kier alpha value is -3.47. The van der Waals surface area contributed by atoms with E-state index in [4.69, 9.17) is 9.47 Å². The Morgan fingerprint density at radius 2 is 1.58 bits per heavy atom. The third kappa shape index (κ3) is 4.77. The van der Waals surface area contributed by atoms with Crippen molar-refractivity contribution in [1.29, 1.82) is 0 Å². The van der Waals surface area contributed by atoms with Crippen LogP contribution in [0.2, 0.25) is 0 Å². The van der Waals surface area contributed by atoms with Crippen LogP contribution in [-0.2, 0) is 11.2 Å². The normalized spacial score (nSPS) is 10.2. The van der Waals surface area contributed by atoms with Gasteiger partial charge in [0.2, 0.25) is 5.91 Å². The molecule has 2 N–H and O–H groups in total. The summed E-state index contributed by atoms with van der Waals surface area (Å²) in [5.41, 5.74) is 1.57. The molecule has 3 aromatic rings. The number of hydrogen-bond donors (Lipinski definition) is 2. The number of anilines is 1. The lowest BCUT2D eigenvalue weighted by Crippen LogP contribution is -2.14. The van der Waals surface area contributed by atoms with Crippen LogP contribution >= 0.6 is 0 Å². The minimum atomic E-state index is -0.106.